The summed E-state index contributed by atoms with van der Waals surface area (Å²) in [6.45, 7) is 0. The third-order valence-electron chi connectivity index (χ3n) is 8.49. The molecule has 0 radical (unpaired) electrons. The topological polar surface area (TPSA) is 100 Å². The highest BCUT2D eigenvalue weighted by Crippen LogP contribution is 2.38. The first-order chi connectivity index (χ1) is 27.3. The molecule has 1 heterocycles. The van der Waals surface area contributed by atoms with E-state index in [9.17, 15) is 14.4 Å². The van der Waals surface area contributed by atoms with E-state index in [2.05, 4.69) is 20.9 Å². The summed E-state index contributed by atoms with van der Waals surface area (Å²) < 4.78 is 0. The van der Waals surface area contributed by atoms with Crippen LogP contribution in [0, 0.1) is 0 Å². The molecule has 56 heavy (non-hydrogen) atoms. The summed E-state index contributed by atoms with van der Waals surface area (Å²) in [5.41, 5.74) is 5.90. The first kappa shape index (κ1) is 38.3. The summed E-state index contributed by atoms with van der Waals surface area (Å²) >= 11 is 15.1. The van der Waals surface area contributed by atoms with E-state index >= 15 is 0 Å². The van der Waals surface area contributed by atoms with Crippen LogP contribution >= 0.6 is 46.3 Å². The monoisotopic (exact) mass is 810 g/mol. The summed E-state index contributed by atoms with van der Waals surface area (Å²) in [6.07, 6.45) is 1.64. The first-order valence-corrected chi connectivity index (χ1v) is 19.9. The summed E-state index contributed by atoms with van der Waals surface area (Å²) in [5.74, 6) is -1.20. The predicted molar refractivity (Wildman–Crippen MR) is 230 cm³/mol. The minimum absolute atomic E-state index is 0.0635. The molecule has 3 amide bonds. The van der Waals surface area contributed by atoms with Crippen molar-refractivity contribution in [2.45, 2.75) is 10.1 Å². The number of anilines is 2. The summed E-state index contributed by atoms with van der Waals surface area (Å²) in [4.78, 5) is 46.4. The van der Waals surface area contributed by atoms with E-state index in [-0.39, 0.29) is 11.6 Å². The number of nitrogens with zero attached hydrogens (tertiary/aromatic N) is 1. The van der Waals surface area contributed by atoms with Gasteiger partial charge in [-0.25, -0.2) is 4.98 Å². The molecule has 7 rings (SSSR count). The van der Waals surface area contributed by atoms with Crippen LogP contribution in [-0.4, -0.2) is 22.7 Å². The fourth-order valence-electron chi connectivity index (χ4n) is 5.72. The van der Waals surface area contributed by atoms with Gasteiger partial charge in [0.05, 0.1) is 10.7 Å². The molecule has 1 atom stereocenters. The molecule has 0 aliphatic heterocycles. The molecule has 6 aromatic carbocycles. The number of hydrogen-bond donors (Lipinski definition) is 3. The van der Waals surface area contributed by atoms with Crippen LogP contribution in [-0.2, 0) is 9.59 Å². The van der Waals surface area contributed by atoms with Gasteiger partial charge in [0, 0.05) is 32.1 Å². The molecule has 3 N–H and O–H groups in total. The Bertz CT molecular complexity index is 2510. The first-order valence-electron chi connectivity index (χ1n) is 17.4. The maximum absolute atomic E-state index is 13.9. The number of benzene rings is 6. The van der Waals surface area contributed by atoms with Crippen LogP contribution in [0.1, 0.15) is 26.7 Å². The minimum atomic E-state index is -0.659. The average Bonchev–Trinajstić information content (AvgIpc) is 3.68. The third kappa shape index (κ3) is 9.82. The molecule has 0 spiro atoms. The van der Waals surface area contributed by atoms with Gasteiger partial charge in [-0.3, -0.25) is 14.4 Å². The molecular weight excluding hydrogens is 780 g/mol. The molecule has 0 saturated heterocycles. The van der Waals surface area contributed by atoms with E-state index in [4.69, 9.17) is 23.2 Å². The minimum Gasteiger partial charge on any atom is -0.321 e. The van der Waals surface area contributed by atoms with Crippen molar-refractivity contribution in [2.75, 3.05) is 10.6 Å². The van der Waals surface area contributed by atoms with Gasteiger partial charge >= 0.3 is 0 Å². The number of thioether (sulfide) groups is 1. The SMILES string of the molecule is O=C(Nc1cccc(SC(C(=O)Nc2nc(-c3ccc(Cl)cc3Cl)cs2)c2ccccc2)c1)/C(=C\c1ccc(-c2ccccc2)cc1)NC(=O)c1ccccc1. The van der Waals surface area contributed by atoms with Gasteiger partial charge in [0.15, 0.2) is 5.13 Å². The molecule has 0 aliphatic rings. The highest BCUT2D eigenvalue weighted by atomic mass is 35.5. The van der Waals surface area contributed by atoms with Crippen molar-refractivity contribution in [3.63, 3.8) is 0 Å². The summed E-state index contributed by atoms with van der Waals surface area (Å²) in [7, 11) is 0. The summed E-state index contributed by atoms with van der Waals surface area (Å²) in [6, 6.07) is 48.3. The van der Waals surface area contributed by atoms with Crippen LogP contribution in [0.25, 0.3) is 28.5 Å². The number of aromatic nitrogens is 1. The number of carbonyl (C=O) groups excluding carboxylic acids is 3. The Labute approximate surface area is 342 Å². The molecule has 7 nitrogen and oxygen atoms in total. The third-order valence-corrected chi connectivity index (χ3v) is 11.0. The Morgan fingerprint density at radius 2 is 1.38 bits per heavy atom. The lowest BCUT2D eigenvalue weighted by Crippen LogP contribution is -2.30. The van der Waals surface area contributed by atoms with Crippen LogP contribution in [0.5, 0.6) is 0 Å². The number of halogens is 2. The maximum Gasteiger partial charge on any atom is 0.272 e. The normalized spacial score (nSPS) is 11.7. The fourth-order valence-corrected chi connectivity index (χ4v) is 8.02. The molecule has 0 fully saturated rings. The number of thiazole rings is 1. The molecule has 0 bridgehead atoms. The van der Waals surface area contributed by atoms with Crippen LogP contribution in [0.2, 0.25) is 10.0 Å². The van der Waals surface area contributed by atoms with Gasteiger partial charge in [-0.05, 0) is 76.9 Å². The number of hydrogen-bond acceptors (Lipinski definition) is 6. The van der Waals surface area contributed by atoms with Crippen molar-refractivity contribution < 1.29 is 14.4 Å². The molecule has 276 valence electrons. The van der Waals surface area contributed by atoms with E-state index in [0.717, 1.165) is 27.1 Å². The second-order valence-electron chi connectivity index (χ2n) is 12.4. The Balaban J connectivity index is 1.10. The van der Waals surface area contributed by atoms with Gasteiger partial charge in [-0.1, -0.05) is 132 Å². The lowest BCUT2D eigenvalue weighted by atomic mass is 10.0. The van der Waals surface area contributed by atoms with Gasteiger partial charge in [0.1, 0.15) is 10.9 Å². The zero-order valence-corrected chi connectivity index (χ0v) is 32.6. The van der Waals surface area contributed by atoms with E-state index in [1.807, 2.05) is 102 Å². The van der Waals surface area contributed by atoms with Gasteiger partial charge in [-0.2, -0.15) is 0 Å². The smallest absolute Gasteiger partial charge is 0.272 e. The van der Waals surface area contributed by atoms with E-state index < -0.39 is 17.1 Å². The highest BCUT2D eigenvalue weighted by molar-refractivity contribution is 8.00. The van der Waals surface area contributed by atoms with Crippen molar-refractivity contribution in [1.82, 2.24) is 10.3 Å². The van der Waals surface area contributed by atoms with E-state index in [0.29, 0.717) is 37.7 Å². The number of carbonyl (C=O) groups is 3. The zero-order chi connectivity index (χ0) is 38.9. The second kappa shape index (κ2) is 18.1. The van der Waals surface area contributed by atoms with Crippen molar-refractivity contribution >= 4 is 80.9 Å². The largest absolute Gasteiger partial charge is 0.321 e. The van der Waals surface area contributed by atoms with Crippen molar-refractivity contribution in [1.29, 1.82) is 0 Å². The highest BCUT2D eigenvalue weighted by Gasteiger charge is 2.24. The van der Waals surface area contributed by atoms with Crippen LogP contribution in [0.4, 0.5) is 10.8 Å². The van der Waals surface area contributed by atoms with Gasteiger partial charge < -0.3 is 16.0 Å². The Morgan fingerprint density at radius 1 is 0.696 bits per heavy atom. The summed E-state index contributed by atoms with van der Waals surface area (Å²) in [5, 5.41) is 11.3. The molecule has 11 heteroatoms. The van der Waals surface area contributed by atoms with Crippen LogP contribution in [0.3, 0.4) is 0 Å². The molecule has 1 aromatic heterocycles. The van der Waals surface area contributed by atoms with E-state index in [1.54, 1.807) is 66.7 Å². The molecule has 1 unspecified atom stereocenters. The lowest BCUT2D eigenvalue weighted by Gasteiger charge is -2.17. The Morgan fingerprint density at radius 3 is 2.09 bits per heavy atom. The van der Waals surface area contributed by atoms with Crippen LogP contribution in [0.15, 0.2) is 174 Å². The Kier molecular flexibility index (Phi) is 12.4. The predicted octanol–water partition coefficient (Wildman–Crippen LogP) is 11.7. The number of amides is 3. The van der Waals surface area contributed by atoms with Crippen molar-refractivity contribution in [3.8, 4) is 22.4 Å². The Hall–Kier alpha value is -5.97. The van der Waals surface area contributed by atoms with Gasteiger partial charge in [-0.15, -0.1) is 23.1 Å². The van der Waals surface area contributed by atoms with Gasteiger partial charge in [0.25, 0.3) is 11.8 Å². The zero-order valence-electron chi connectivity index (χ0n) is 29.5. The van der Waals surface area contributed by atoms with Crippen molar-refractivity contribution in [3.05, 3.63) is 196 Å². The average molecular weight is 812 g/mol. The van der Waals surface area contributed by atoms with Gasteiger partial charge in [0.2, 0.25) is 5.91 Å². The van der Waals surface area contributed by atoms with Crippen molar-refractivity contribution in [2.24, 2.45) is 0 Å². The maximum atomic E-state index is 13.9. The van der Waals surface area contributed by atoms with Crippen LogP contribution < -0.4 is 16.0 Å². The quantitative estimate of drug-likeness (QED) is 0.0843. The number of nitrogens with one attached hydrogen (secondary N) is 3. The fraction of sp³-hybridized carbons (Fsp3) is 0.0222. The molecule has 0 aliphatic carbocycles. The second-order valence-corrected chi connectivity index (χ2v) is 15.3. The molecule has 7 aromatic rings. The molecular formula is C45H32Cl2N4O3S2. The molecule has 0 saturated carbocycles. The lowest BCUT2D eigenvalue weighted by molar-refractivity contribution is -0.116. The number of rotatable bonds is 12. The standard InChI is InChI=1S/C45H32Cl2N4O3S2/c46-34-23-24-37(38(47)26-34)40-28-55-45(50-40)51-44(54)41(32-13-6-2-7-14-32)56-36-18-10-17-35(27-36)48-43(53)39(49-42(52)33-15-8-3-9-16-33)25-29-19-21-31(22-20-29)30-11-4-1-5-12-30/h1-28,41H,(H,48,53)(H,49,52)(H,50,51,54)/b39-25+. The van der Waals surface area contributed by atoms with E-state index in [1.165, 1.54) is 23.1 Å².